The van der Waals surface area contributed by atoms with Crippen molar-refractivity contribution in [2.75, 3.05) is 19.6 Å². The number of alkyl halides is 3. The maximum absolute atomic E-state index is 12.4. The van der Waals surface area contributed by atoms with Crippen molar-refractivity contribution in [1.82, 2.24) is 15.6 Å². The fourth-order valence-corrected chi connectivity index (χ4v) is 3.05. The van der Waals surface area contributed by atoms with Crippen LogP contribution in [-0.2, 0) is 17.4 Å². The van der Waals surface area contributed by atoms with E-state index < -0.39 is 11.9 Å². The standard InChI is InChI=1S/C13H18F3N3OS.ClH/c14-13(15,16)10-8-21-12(19-10)4-6-18-11(20)2-1-9-3-5-17-7-9;/h8-9,17H,1-7H2,(H,18,20);1H. The molecule has 4 nitrogen and oxygen atoms in total. The van der Waals surface area contributed by atoms with Gasteiger partial charge in [0.05, 0.1) is 5.01 Å². The van der Waals surface area contributed by atoms with Gasteiger partial charge in [0.25, 0.3) is 0 Å². The second-order valence-corrected chi connectivity index (χ2v) is 6.06. The Morgan fingerprint density at radius 3 is 2.86 bits per heavy atom. The molecule has 0 spiro atoms. The van der Waals surface area contributed by atoms with Crippen molar-refractivity contribution in [3.05, 3.63) is 16.1 Å². The first kappa shape index (κ1) is 19.2. The van der Waals surface area contributed by atoms with Crippen molar-refractivity contribution in [3.63, 3.8) is 0 Å². The third-order valence-corrected chi connectivity index (χ3v) is 4.35. The molecular formula is C13H19ClF3N3OS. The summed E-state index contributed by atoms with van der Waals surface area (Å²) in [7, 11) is 0. The highest BCUT2D eigenvalue weighted by Gasteiger charge is 2.33. The zero-order valence-electron chi connectivity index (χ0n) is 11.9. The van der Waals surface area contributed by atoms with Crippen LogP contribution in [0.3, 0.4) is 0 Å². The number of rotatable bonds is 6. The molecule has 22 heavy (non-hydrogen) atoms. The van der Waals surface area contributed by atoms with Crippen LogP contribution in [0.4, 0.5) is 13.2 Å². The highest BCUT2D eigenvalue weighted by atomic mass is 35.5. The van der Waals surface area contributed by atoms with Gasteiger partial charge in [-0.05, 0) is 31.8 Å². The topological polar surface area (TPSA) is 54.0 Å². The Kier molecular flexibility index (Phi) is 7.58. The van der Waals surface area contributed by atoms with Crippen LogP contribution >= 0.6 is 23.7 Å². The maximum atomic E-state index is 12.4. The van der Waals surface area contributed by atoms with E-state index in [9.17, 15) is 18.0 Å². The van der Waals surface area contributed by atoms with Gasteiger partial charge in [0.1, 0.15) is 0 Å². The second-order valence-electron chi connectivity index (χ2n) is 5.12. The van der Waals surface area contributed by atoms with Crippen LogP contribution < -0.4 is 10.6 Å². The van der Waals surface area contributed by atoms with Gasteiger partial charge in [-0.2, -0.15) is 13.2 Å². The van der Waals surface area contributed by atoms with Crippen molar-refractivity contribution >= 4 is 29.7 Å². The fourth-order valence-electron chi connectivity index (χ4n) is 2.25. The van der Waals surface area contributed by atoms with E-state index in [0.29, 0.717) is 30.3 Å². The second kappa shape index (κ2) is 8.69. The van der Waals surface area contributed by atoms with E-state index in [1.807, 2.05) is 0 Å². The van der Waals surface area contributed by atoms with Gasteiger partial charge in [0, 0.05) is 24.8 Å². The highest BCUT2D eigenvalue weighted by Crippen LogP contribution is 2.29. The summed E-state index contributed by atoms with van der Waals surface area (Å²) in [6, 6.07) is 0. The minimum Gasteiger partial charge on any atom is -0.356 e. The summed E-state index contributed by atoms with van der Waals surface area (Å²) in [6.45, 7) is 2.30. The average molecular weight is 358 g/mol. The molecule has 1 amide bonds. The lowest BCUT2D eigenvalue weighted by atomic mass is 10.0. The molecule has 2 heterocycles. The molecule has 126 valence electrons. The number of thiazole rings is 1. The average Bonchev–Trinajstić information content (AvgIpc) is 3.07. The molecule has 1 atom stereocenters. The minimum atomic E-state index is -4.40. The van der Waals surface area contributed by atoms with E-state index in [2.05, 4.69) is 15.6 Å². The first-order valence-electron chi connectivity index (χ1n) is 6.94. The first-order chi connectivity index (χ1) is 9.95. The zero-order valence-corrected chi connectivity index (χ0v) is 13.5. The van der Waals surface area contributed by atoms with Gasteiger partial charge in [0.15, 0.2) is 5.69 Å². The van der Waals surface area contributed by atoms with Crippen LogP contribution in [0.1, 0.15) is 30.0 Å². The van der Waals surface area contributed by atoms with Crippen molar-refractivity contribution in [2.45, 2.75) is 31.9 Å². The van der Waals surface area contributed by atoms with Crippen LogP contribution in [0.25, 0.3) is 0 Å². The minimum absolute atomic E-state index is 0. The predicted octanol–water partition coefficient (Wildman–Crippen LogP) is 2.63. The molecule has 2 N–H and O–H groups in total. The molecule has 1 aromatic heterocycles. The monoisotopic (exact) mass is 357 g/mol. The summed E-state index contributed by atoms with van der Waals surface area (Å²) in [5, 5.41) is 7.37. The number of carbonyl (C=O) groups is 1. The number of carbonyl (C=O) groups excluding carboxylic acids is 1. The van der Waals surface area contributed by atoms with Gasteiger partial charge in [-0.3, -0.25) is 4.79 Å². The number of nitrogens with one attached hydrogen (secondary N) is 2. The number of nitrogens with zero attached hydrogens (tertiary/aromatic N) is 1. The van der Waals surface area contributed by atoms with Gasteiger partial charge in [0.2, 0.25) is 5.91 Å². The van der Waals surface area contributed by atoms with Crippen LogP contribution in [0.5, 0.6) is 0 Å². The first-order valence-corrected chi connectivity index (χ1v) is 7.82. The number of aromatic nitrogens is 1. The quantitative estimate of drug-likeness (QED) is 0.823. The molecule has 2 rings (SSSR count). The summed E-state index contributed by atoms with van der Waals surface area (Å²) < 4.78 is 37.1. The van der Waals surface area contributed by atoms with Gasteiger partial charge in [-0.15, -0.1) is 23.7 Å². The summed E-state index contributed by atoms with van der Waals surface area (Å²) >= 11 is 0.971. The molecule has 1 aliphatic rings. The Morgan fingerprint density at radius 2 is 2.27 bits per heavy atom. The fraction of sp³-hybridized carbons (Fsp3) is 0.692. The Morgan fingerprint density at radius 1 is 1.50 bits per heavy atom. The largest absolute Gasteiger partial charge is 0.434 e. The smallest absolute Gasteiger partial charge is 0.356 e. The van der Waals surface area contributed by atoms with Gasteiger partial charge in [-0.1, -0.05) is 0 Å². The van der Waals surface area contributed by atoms with E-state index in [4.69, 9.17) is 0 Å². The molecule has 0 aromatic carbocycles. The van der Waals surface area contributed by atoms with Crippen LogP contribution in [0, 0.1) is 5.92 Å². The molecule has 1 unspecified atom stereocenters. The molecular weight excluding hydrogens is 339 g/mol. The Labute approximate surface area is 137 Å². The molecule has 0 aliphatic carbocycles. The van der Waals surface area contributed by atoms with E-state index >= 15 is 0 Å². The third-order valence-electron chi connectivity index (χ3n) is 3.45. The van der Waals surface area contributed by atoms with Crippen molar-refractivity contribution in [2.24, 2.45) is 5.92 Å². The van der Waals surface area contributed by atoms with E-state index in [-0.39, 0.29) is 18.3 Å². The molecule has 1 aliphatic heterocycles. The lowest BCUT2D eigenvalue weighted by Gasteiger charge is -2.08. The van der Waals surface area contributed by atoms with Crippen molar-refractivity contribution < 1.29 is 18.0 Å². The molecule has 9 heteroatoms. The number of amides is 1. The summed E-state index contributed by atoms with van der Waals surface area (Å²) in [4.78, 5) is 15.1. The predicted molar refractivity (Wildman–Crippen MR) is 81.3 cm³/mol. The van der Waals surface area contributed by atoms with Crippen LogP contribution in [0.15, 0.2) is 5.38 Å². The summed E-state index contributed by atoms with van der Waals surface area (Å²) in [5.74, 6) is 0.513. The normalized spacial score (nSPS) is 18.0. The van der Waals surface area contributed by atoms with E-state index in [0.717, 1.165) is 42.6 Å². The molecule has 0 radical (unpaired) electrons. The number of halogens is 4. The van der Waals surface area contributed by atoms with Crippen molar-refractivity contribution in [1.29, 1.82) is 0 Å². The van der Waals surface area contributed by atoms with Crippen molar-refractivity contribution in [3.8, 4) is 0 Å². The van der Waals surface area contributed by atoms with Gasteiger partial charge in [-0.25, -0.2) is 4.98 Å². The van der Waals surface area contributed by atoms with Crippen LogP contribution in [-0.4, -0.2) is 30.5 Å². The van der Waals surface area contributed by atoms with E-state index in [1.54, 1.807) is 0 Å². The van der Waals surface area contributed by atoms with Gasteiger partial charge < -0.3 is 10.6 Å². The molecule has 1 saturated heterocycles. The SMILES string of the molecule is Cl.O=C(CCC1CCNC1)NCCc1nc(C(F)(F)F)cs1. The van der Waals surface area contributed by atoms with Gasteiger partial charge >= 0.3 is 6.18 Å². The Balaban J connectivity index is 0.00000242. The number of hydrogen-bond donors (Lipinski definition) is 2. The third kappa shape index (κ3) is 6.10. The van der Waals surface area contributed by atoms with Crippen LogP contribution in [0.2, 0.25) is 0 Å². The Hall–Kier alpha value is -0.860. The lowest BCUT2D eigenvalue weighted by molar-refractivity contribution is -0.140. The molecule has 0 bridgehead atoms. The van der Waals surface area contributed by atoms with E-state index in [1.165, 1.54) is 0 Å². The molecule has 0 saturated carbocycles. The maximum Gasteiger partial charge on any atom is 0.434 e. The Bertz CT molecular complexity index is 475. The summed E-state index contributed by atoms with van der Waals surface area (Å²) in [6.07, 6.45) is -1.64. The lowest BCUT2D eigenvalue weighted by Crippen LogP contribution is -2.26. The highest BCUT2D eigenvalue weighted by molar-refractivity contribution is 7.09. The molecule has 1 fully saturated rings. The summed E-state index contributed by atoms with van der Waals surface area (Å²) in [5.41, 5.74) is -0.859. The molecule has 1 aromatic rings. The zero-order chi connectivity index (χ0) is 15.3. The number of hydrogen-bond acceptors (Lipinski definition) is 4.